The molecule has 0 aromatic heterocycles. The lowest BCUT2D eigenvalue weighted by molar-refractivity contribution is 0.0727. The van der Waals surface area contributed by atoms with Crippen molar-refractivity contribution in [3.05, 3.63) is 29.8 Å². The van der Waals surface area contributed by atoms with Crippen LogP contribution in [0.2, 0.25) is 0 Å². The molecule has 1 aromatic rings. The van der Waals surface area contributed by atoms with Crippen LogP contribution >= 0.6 is 12.4 Å². The summed E-state index contributed by atoms with van der Waals surface area (Å²) in [6.07, 6.45) is -2.46. The van der Waals surface area contributed by atoms with Crippen LogP contribution in [0.15, 0.2) is 24.3 Å². The van der Waals surface area contributed by atoms with Gasteiger partial charge < -0.3 is 10.1 Å². The topological polar surface area (TPSA) is 24.5 Å². The van der Waals surface area contributed by atoms with Gasteiger partial charge in [-0.15, -0.1) is 12.4 Å². The van der Waals surface area contributed by atoms with Gasteiger partial charge in [0.25, 0.3) is 0 Å². The molecule has 0 spiro atoms. The molecule has 1 N–H and O–H groups in total. The normalized spacial score (nSPS) is 17.3. The van der Waals surface area contributed by atoms with Crippen LogP contribution in [0.4, 0.5) is 8.78 Å². The third kappa shape index (κ3) is 5.09. The zero-order valence-electron chi connectivity index (χ0n) is 12.2. The number of rotatable bonds is 6. The number of nitrogens with one attached hydrogen (secondary N) is 1. The van der Waals surface area contributed by atoms with Crippen molar-refractivity contribution < 1.29 is 13.5 Å². The van der Waals surface area contributed by atoms with E-state index >= 15 is 0 Å². The first-order chi connectivity index (χ1) is 9.72. The van der Waals surface area contributed by atoms with E-state index < -0.39 is 6.43 Å². The summed E-state index contributed by atoms with van der Waals surface area (Å²) < 4.78 is 31.5. The largest absolute Gasteiger partial charge is 0.494 e. The summed E-state index contributed by atoms with van der Waals surface area (Å²) in [6.45, 7) is 5.71. The Labute approximate surface area is 131 Å². The maximum Gasteiger partial charge on any atom is 0.240 e. The third-order valence-electron chi connectivity index (χ3n) is 3.57. The highest BCUT2D eigenvalue weighted by Gasteiger charge is 2.27. The van der Waals surface area contributed by atoms with Crippen molar-refractivity contribution in [1.82, 2.24) is 10.2 Å². The summed E-state index contributed by atoms with van der Waals surface area (Å²) in [5, 5.41) is 3.25. The molecule has 0 bridgehead atoms. The molecule has 3 nitrogen and oxygen atoms in total. The third-order valence-corrected chi connectivity index (χ3v) is 3.57. The maximum absolute atomic E-state index is 13.0. The molecule has 21 heavy (non-hydrogen) atoms. The van der Waals surface area contributed by atoms with Gasteiger partial charge in [-0.05, 0) is 13.0 Å². The molecule has 1 aliphatic rings. The van der Waals surface area contributed by atoms with Gasteiger partial charge in [0.15, 0.2) is 0 Å². The van der Waals surface area contributed by atoms with E-state index in [1.807, 2.05) is 31.2 Å². The molecule has 0 unspecified atom stereocenters. The first-order valence-corrected chi connectivity index (χ1v) is 7.17. The highest BCUT2D eigenvalue weighted by atomic mass is 35.5. The van der Waals surface area contributed by atoms with Crippen molar-refractivity contribution in [1.29, 1.82) is 0 Å². The van der Waals surface area contributed by atoms with E-state index in [4.69, 9.17) is 4.74 Å². The Bertz CT molecular complexity index is 414. The summed E-state index contributed by atoms with van der Waals surface area (Å²) in [4.78, 5) is 2.13. The molecule has 0 amide bonds. The molecule has 1 fully saturated rings. The lowest BCUT2D eigenvalue weighted by Gasteiger charge is -2.35. The number of benzene rings is 1. The molecular weight excluding hydrogens is 298 g/mol. The Kier molecular flexibility index (Phi) is 7.93. The van der Waals surface area contributed by atoms with Crippen LogP contribution in [0.5, 0.6) is 5.75 Å². The Morgan fingerprint density at radius 1 is 1.24 bits per heavy atom. The molecule has 2 rings (SSSR count). The minimum atomic E-state index is -2.32. The molecule has 1 atom stereocenters. The highest BCUT2D eigenvalue weighted by molar-refractivity contribution is 5.85. The minimum Gasteiger partial charge on any atom is -0.494 e. The molecule has 1 saturated heterocycles. The van der Waals surface area contributed by atoms with Crippen molar-refractivity contribution in [2.75, 3.05) is 32.8 Å². The van der Waals surface area contributed by atoms with Gasteiger partial charge in [-0.1, -0.05) is 18.2 Å². The van der Waals surface area contributed by atoms with Gasteiger partial charge in [0, 0.05) is 44.2 Å². The van der Waals surface area contributed by atoms with Gasteiger partial charge in [0.2, 0.25) is 6.43 Å². The quantitative estimate of drug-likeness (QED) is 0.871. The summed E-state index contributed by atoms with van der Waals surface area (Å²) in [6, 6.07) is 7.25. The van der Waals surface area contributed by atoms with Crippen LogP contribution in [0.1, 0.15) is 24.9 Å². The summed E-state index contributed by atoms with van der Waals surface area (Å²) in [5.41, 5.74) is 0.872. The van der Waals surface area contributed by atoms with E-state index in [9.17, 15) is 8.78 Å². The van der Waals surface area contributed by atoms with Gasteiger partial charge in [-0.3, -0.25) is 4.90 Å². The first-order valence-electron chi connectivity index (χ1n) is 7.17. The number of alkyl halides is 2. The molecule has 1 aliphatic heterocycles. The predicted octanol–water partition coefficient (Wildman–Crippen LogP) is 3.11. The van der Waals surface area contributed by atoms with Crippen LogP contribution in [0.3, 0.4) is 0 Å². The molecular formula is C15H23ClF2N2O. The fourth-order valence-corrected chi connectivity index (χ4v) is 2.68. The fourth-order valence-electron chi connectivity index (χ4n) is 2.68. The number of piperazine rings is 1. The Morgan fingerprint density at radius 2 is 1.90 bits per heavy atom. The van der Waals surface area contributed by atoms with E-state index in [0.717, 1.165) is 37.5 Å². The van der Waals surface area contributed by atoms with Crippen molar-refractivity contribution in [2.45, 2.75) is 25.8 Å². The number of halogens is 3. The van der Waals surface area contributed by atoms with Gasteiger partial charge in [-0.25, -0.2) is 8.78 Å². The second-order valence-corrected chi connectivity index (χ2v) is 4.90. The van der Waals surface area contributed by atoms with Crippen molar-refractivity contribution in [2.24, 2.45) is 0 Å². The smallest absolute Gasteiger partial charge is 0.240 e. The summed E-state index contributed by atoms with van der Waals surface area (Å²) in [5.74, 6) is 0.721. The van der Waals surface area contributed by atoms with Crippen molar-refractivity contribution in [3.8, 4) is 5.75 Å². The van der Waals surface area contributed by atoms with E-state index in [1.165, 1.54) is 0 Å². The number of ether oxygens (including phenoxy) is 1. The fraction of sp³-hybridized carbons (Fsp3) is 0.600. The lowest BCUT2D eigenvalue weighted by Crippen LogP contribution is -2.45. The van der Waals surface area contributed by atoms with Crippen LogP contribution in [-0.2, 0) is 0 Å². The molecule has 0 radical (unpaired) electrons. The zero-order chi connectivity index (χ0) is 14.4. The van der Waals surface area contributed by atoms with Gasteiger partial charge in [-0.2, -0.15) is 0 Å². The summed E-state index contributed by atoms with van der Waals surface area (Å²) in [7, 11) is 0. The van der Waals surface area contributed by atoms with Crippen LogP contribution in [-0.4, -0.2) is 44.1 Å². The number of hydrogen-bond donors (Lipinski definition) is 1. The highest BCUT2D eigenvalue weighted by Crippen LogP contribution is 2.33. The van der Waals surface area contributed by atoms with E-state index in [-0.39, 0.29) is 24.9 Å². The number of hydrogen-bond acceptors (Lipinski definition) is 3. The average Bonchev–Trinajstić information content (AvgIpc) is 2.47. The second-order valence-electron chi connectivity index (χ2n) is 4.90. The molecule has 1 heterocycles. The summed E-state index contributed by atoms with van der Waals surface area (Å²) >= 11 is 0. The Balaban J connectivity index is 0.00000220. The molecule has 0 saturated carbocycles. The van der Waals surface area contributed by atoms with E-state index in [0.29, 0.717) is 6.61 Å². The van der Waals surface area contributed by atoms with Crippen LogP contribution in [0.25, 0.3) is 0 Å². The van der Waals surface area contributed by atoms with E-state index in [1.54, 1.807) is 0 Å². The Hall–Kier alpha value is -0.910. The number of para-hydroxylation sites is 1. The molecule has 120 valence electrons. The molecule has 1 aromatic carbocycles. The van der Waals surface area contributed by atoms with Gasteiger partial charge in [0.05, 0.1) is 6.61 Å². The first kappa shape index (κ1) is 18.1. The SMILES string of the molecule is CCOc1ccccc1[C@H](CC(F)F)N1CCNCC1.Cl. The molecule has 6 heteroatoms. The molecule has 0 aliphatic carbocycles. The predicted molar refractivity (Wildman–Crippen MR) is 82.7 cm³/mol. The lowest BCUT2D eigenvalue weighted by atomic mass is 10.00. The average molecular weight is 321 g/mol. The van der Waals surface area contributed by atoms with Gasteiger partial charge >= 0.3 is 0 Å². The van der Waals surface area contributed by atoms with Crippen LogP contribution < -0.4 is 10.1 Å². The Morgan fingerprint density at radius 3 is 2.52 bits per heavy atom. The second kappa shape index (κ2) is 9.18. The zero-order valence-corrected chi connectivity index (χ0v) is 13.0. The van der Waals surface area contributed by atoms with Gasteiger partial charge in [0.1, 0.15) is 5.75 Å². The van der Waals surface area contributed by atoms with E-state index in [2.05, 4.69) is 10.2 Å². The van der Waals surface area contributed by atoms with Crippen molar-refractivity contribution >= 4 is 12.4 Å². The maximum atomic E-state index is 13.0. The number of nitrogens with zero attached hydrogens (tertiary/aromatic N) is 1. The van der Waals surface area contributed by atoms with Crippen LogP contribution in [0, 0.1) is 0 Å². The standard InChI is InChI=1S/C15H22F2N2O.ClH/c1-2-20-14-6-4-3-5-12(14)13(11-15(16)17)19-9-7-18-8-10-19;/h3-6,13,15,18H,2,7-11H2,1H3;1H/t13-;/m0./s1. The monoisotopic (exact) mass is 320 g/mol. The minimum absolute atomic E-state index is 0. The van der Waals surface area contributed by atoms with Crippen molar-refractivity contribution in [3.63, 3.8) is 0 Å².